The number of benzene rings is 2. The Morgan fingerprint density at radius 2 is 1.74 bits per heavy atom. The van der Waals surface area contributed by atoms with Crippen LogP contribution in [0.15, 0.2) is 42.5 Å². The monoisotopic (exact) mass is 370 g/mol. The van der Waals surface area contributed by atoms with Crippen LogP contribution in [0, 0.1) is 5.92 Å². The Hall–Kier alpha value is -2.53. The van der Waals surface area contributed by atoms with Crippen LogP contribution in [0.4, 0.5) is 5.69 Å². The first kappa shape index (κ1) is 20.8. The molecule has 0 aromatic heterocycles. The Kier molecular flexibility index (Phi) is 7.67. The van der Waals surface area contributed by atoms with Crippen molar-refractivity contribution in [3.05, 3.63) is 53.6 Å². The summed E-state index contributed by atoms with van der Waals surface area (Å²) in [5.74, 6) is 1.49. The van der Waals surface area contributed by atoms with E-state index in [-0.39, 0.29) is 18.5 Å². The molecule has 0 spiro atoms. The molecule has 0 heterocycles. The molecular weight excluding hydrogens is 340 g/mol. The third kappa shape index (κ3) is 5.73. The Balaban J connectivity index is 2.01. The van der Waals surface area contributed by atoms with Gasteiger partial charge in [-0.2, -0.15) is 0 Å². The van der Waals surface area contributed by atoms with Crippen LogP contribution >= 0.6 is 0 Å². The number of carbonyl (C=O) groups is 1. The third-order valence-electron chi connectivity index (χ3n) is 4.58. The standard InChI is InChI=1S/C22H30N2O3/c1-6-16-7-9-17(10-8-16)22(15(2)3)23-14-21(25)24-19-12-11-18(26-4)13-20(19)27-5/h7-13,15,22-23H,6,14H2,1-5H3,(H,24,25)/t22-/m1/s1. The molecule has 1 atom stereocenters. The minimum absolute atomic E-state index is 0.111. The lowest BCUT2D eigenvalue weighted by atomic mass is 9.95. The van der Waals surface area contributed by atoms with Gasteiger partial charge in [-0.3, -0.25) is 4.79 Å². The summed E-state index contributed by atoms with van der Waals surface area (Å²) in [5, 5.41) is 6.27. The lowest BCUT2D eigenvalue weighted by Gasteiger charge is -2.23. The summed E-state index contributed by atoms with van der Waals surface area (Å²) in [5.41, 5.74) is 3.13. The fourth-order valence-corrected chi connectivity index (χ4v) is 3.00. The van der Waals surface area contributed by atoms with Gasteiger partial charge in [0.05, 0.1) is 26.5 Å². The van der Waals surface area contributed by atoms with Crippen LogP contribution < -0.4 is 20.1 Å². The van der Waals surface area contributed by atoms with E-state index in [9.17, 15) is 4.79 Å². The van der Waals surface area contributed by atoms with Gasteiger partial charge in [0.25, 0.3) is 0 Å². The van der Waals surface area contributed by atoms with E-state index < -0.39 is 0 Å². The van der Waals surface area contributed by atoms with Crippen molar-refractivity contribution in [1.82, 2.24) is 5.32 Å². The lowest BCUT2D eigenvalue weighted by Crippen LogP contribution is -2.33. The zero-order chi connectivity index (χ0) is 19.8. The van der Waals surface area contributed by atoms with Gasteiger partial charge in [-0.15, -0.1) is 0 Å². The topological polar surface area (TPSA) is 59.6 Å². The minimum Gasteiger partial charge on any atom is -0.497 e. The molecule has 5 nitrogen and oxygen atoms in total. The normalized spacial score (nSPS) is 11.9. The van der Waals surface area contributed by atoms with E-state index >= 15 is 0 Å². The number of hydrogen-bond acceptors (Lipinski definition) is 4. The number of hydrogen-bond donors (Lipinski definition) is 2. The second-order valence-corrected chi connectivity index (χ2v) is 6.81. The zero-order valence-corrected chi connectivity index (χ0v) is 16.8. The molecule has 27 heavy (non-hydrogen) atoms. The number of aryl methyl sites for hydroxylation is 1. The zero-order valence-electron chi connectivity index (χ0n) is 16.8. The first-order chi connectivity index (χ1) is 13.0. The maximum atomic E-state index is 12.4. The van der Waals surface area contributed by atoms with Crippen LogP contribution in [0.1, 0.15) is 37.9 Å². The molecule has 2 aromatic carbocycles. The molecule has 0 saturated carbocycles. The average molecular weight is 370 g/mol. The van der Waals surface area contributed by atoms with Crippen molar-refractivity contribution in [3.8, 4) is 11.5 Å². The smallest absolute Gasteiger partial charge is 0.238 e. The first-order valence-electron chi connectivity index (χ1n) is 9.32. The fourth-order valence-electron chi connectivity index (χ4n) is 3.00. The van der Waals surface area contributed by atoms with Crippen molar-refractivity contribution >= 4 is 11.6 Å². The Bertz CT molecular complexity index is 742. The van der Waals surface area contributed by atoms with E-state index in [0.29, 0.717) is 23.1 Å². The van der Waals surface area contributed by atoms with Crippen LogP contribution in [0.2, 0.25) is 0 Å². The summed E-state index contributed by atoms with van der Waals surface area (Å²) in [7, 11) is 3.16. The van der Waals surface area contributed by atoms with Gasteiger partial charge in [0.2, 0.25) is 5.91 Å². The van der Waals surface area contributed by atoms with Crippen molar-refractivity contribution in [3.63, 3.8) is 0 Å². The number of anilines is 1. The van der Waals surface area contributed by atoms with Gasteiger partial charge in [-0.05, 0) is 35.6 Å². The summed E-state index contributed by atoms with van der Waals surface area (Å²) in [4.78, 5) is 12.4. The maximum Gasteiger partial charge on any atom is 0.238 e. The van der Waals surface area contributed by atoms with Crippen molar-refractivity contribution in [2.75, 3.05) is 26.1 Å². The molecule has 146 valence electrons. The number of amides is 1. The first-order valence-corrected chi connectivity index (χ1v) is 9.32. The molecule has 2 aromatic rings. The molecule has 2 rings (SSSR count). The molecule has 0 unspecified atom stereocenters. The van der Waals surface area contributed by atoms with Gasteiger partial charge in [0.15, 0.2) is 0 Å². The predicted octanol–water partition coefficient (Wildman–Crippen LogP) is 4.19. The highest BCUT2D eigenvalue weighted by atomic mass is 16.5. The second kappa shape index (κ2) is 9.97. The molecule has 0 bridgehead atoms. The average Bonchev–Trinajstić information content (AvgIpc) is 2.68. The molecule has 2 N–H and O–H groups in total. The second-order valence-electron chi connectivity index (χ2n) is 6.81. The van der Waals surface area contributed by atoms with Crippen LogP contribution in [0.5, 0.6) is 11.5 Å². The SMILES string of the molecule is CCc1ccc([C@H](NCC(=O)Nc2ccc(OC)cc2OC)C(C)C)cc1. The van der Waals surface area contributed by atoms with Gasteiger partial charge in [0.1, 0.15) is 11.5 Å². The van der Waals surface area contributed by atoms with Crippen molar-refractivity contribution < 1.29 is 14.3 Å². The highest BCUT2D eigenvalue weighted by Crippen LogP contribution is 2.29. The molecule has 5 heteroatoms. The Labute approximate surface area is 162 Å². The molecule has 0 saturated heterocycles. The van der Waals surface area contributed by atoms with E-state index in [4.69, 9.17) is 9.47 Å². The van der Waals surface area contributed by atoms with E-state index in [0.717, 1.165) is 6.42 Å². The Morgan fingerprint density at radius 1 is 1.04 bits per heavy atom. The number of rotatable bonds is 9. The summed E-state index contributed by atoms with van der Waals surface area (Å²) < 4.78 is 10.5. The number of ether oxygens (including phenoxy) is 2. The number of methoxy groups -OCH3 is 2. The van der Waals surface area contributed by atoms with E-state index in [1.807, 2.05) is 0 Å². The summed E-state index contributed by atoms with van der Waals surface area (Å²) >= 11 is 0. The van der Waals surface area contributed by atoms with Crippen LogP contribution in [-0.4, -0.2) is 26.7 Å². The molecule has 0 fully saturated rings. The van der Waals surface area contributed by atoms with Gasteiger partial charge in [-0.1, -0.05) is 45.0 Å². The minimum atomic E-state index is -0.116. The van der Waals surface area contributed by atoms with Crippen LogP contribution in [0.25, 0.3) is 0 Å². The molecule has 1 amide bonds. The lowest BCUT2D eigenvalue weighted by molar-refractivity contribution is -0.115. The molecule has 0 aliphatic carbocycles. The summed E-state index contributed by atoms with van der Waals surface area (Å²) in [6, 6.07) is 14.0. The molecule has 0 radical (unpaired) electrons. The van der Waals surface area contributed by atoms with E-state index in [2.05, 4.69) is 55.7 Å². The van der Waals surface area contributed by atoms with Gasteiger partial charge >= 0.3 is 0 Å². The Morgan fingerprint density at radius 3 is 2.30 bits per heavy atom. The summed E-state index contributed by atoms with van der Waals surface area (Å²) in [6.45, 7) is 6.66. The van der Waals surface area contributed by atoms with Gasteiger partial charge in [-0.25, -0.2) is 0 Å². The third-order valence-corrected chi connectivity index (χ3v) is 4.58. The maximum absolute atomic E-state index is 12.4. The number of nitrogens with one attached hydrogen (secondary N) is 2. The quantitative estimate of drug-likeness (QED) is 0.695. The van der Waals surface area contributed by atoms with Crippen molar-refractivity contribution in [2.24, 2.45) is 5.92 Å². The molecule has 0 aliphatic heterocycles. The largest absolute Gasteiger partial charge is 0.497 e. The van der Waals surface area contributed by atoms with Crippen molar-refractivity contribution in [2.45, 2.75) is 33.2 Å². The van der Waals surface area contributed by atoms with E-state index in [1.165, 1.54) is 11.1 Å². The fraction of sp³-hybridized carbons (Fsp3) is 0.409. The van der Waals surface area contributed by atoms with Gasteiger partial charge < -0.3 is 20.1 Å². The van der Waals surface area contributed by atoms with Crippen molar-refractivity contribution in [1.29, 1.82) is 0 Å². The highest BCUT2D eigenvalue weighted by molar-refractivity contribution is 5.93. The summed E-state index contributed by atoms with van der Waals surface area (Å²) in [6.07, 6.45) is 1.02. The van der Waals surface area contributed by atoms with E-state index in [1.54, 1.807) is 32.4 Å². The highest BCUT2D eigenvalue weighted by Gasteiger charge is 2.17. The number of carbonyl (C=O) groups excluding carboxylic acids is 1. The molecule has 0 aliphatic rings. The molecular formula is C22H30N2O3. The van der Waals surface area contributed by atoms with Crippen LogP contribution in [-0.2, 0) is 11.2 Å². The van der Waals surface area contributed by atoms with Gasteiger partial charge in [0, 0.05) is 12.1 Å². The predicted molar refractivity (Wildman–Crippen MR) is 110 cm³/mol. The van der Waals surface area contributed by atoms with Crippen LogP contribution in [0.3, 0.4) is 0 Å².